The summed E-state index contributed by atoms with van der Waals surface area (Å²) in [7, 11) is 0. The number of hydrogen-bond acceptors (Lipinski definition) is 6. The number of aliphatic hydroxyl groups is 1. The van der Waals surface area contributed by atoms with Gasteiger partial charge in [0.1, 0.15) is 17.1 Å². The standard InChI is InChI=1S/C20H24N4O4/c1-20(2)11-12-10-14(17(26)22-15-4-3-7-21-18(15)27)16(23-19(12)28-20)24-8-5-13(25)6-9-24/h3-4,7,10,13,25H,5-6,8-9,11H2,1-2H3,(H,21,27)(H,22,26). The van der Waals surface area contributed by atoms with Gasteiger partial charge in [-0.2, -0.15) is 4.98 Å². The molecule has 0 unspecified atom stereocenters. The maximum absolute atomic E-state index is 13.0. The Balaban J connectivity index is 1.71. The number of H-pyrrole nitrogens is 1. The number of fused-ring (bicyclic) bond motifs is 1. The minimum absolute atomic E-state index is 0.185. The summed E-state index contributed by atoms with van der Waals surface area (Å²) in [5.41, 5.74) is 0.718. The molecule has 2 aromatic heterocycles. The van der Waals surface area contributed by atoms with Crippen molar-refractivity contribution in [3.05, 3.63) is 45.9 Å². The van der Waals surface area contributed by atoms with E-state index in [2.05, 4.69) is 15.3 Å². The van der Waals surface area contributed by atoms with Crippen molar-refractivity contribution in [2.24, 2.45) is 0 Å². The number of pyridine rings is 2. The third-order valence-corrected chi connectivity index (χ3v) is 5.11. The molecule has 8 heteroatoms. The number of ether oxygens (including phenoxy) is 1. The third-order valence-electron chi connectivity index (χ3n) is 5.11. The van der Waals surface area contributed by atoms with Gasteiger partial charge in [-0.1, -0.05) is 0 Å². The molecule has 1 fully saturated rings. The number of nitrogens with one attached hydrogen (secondary N) is 2. The van der Waals surface area contributed by atoms with E-state index >= 15 is 0 Å². The second-order valence-corrected chi connectivity index (χ2v) is 7.95. The largest absolute Gasteiger partial charge is 0.471 e. The van der Waals surface area contributed by atoms with E-state index in [4.69, 9.17) is 4.74 Å². The number of anilines is 2. The van der Waals surface area contributed by atoms with Crippen LogP contribution >= 0.6 is 0 Å². The van der Waals surface area contributed by atoms with Crippen LogP contribution in [0.4, 0.5) is 11.5 Å². The van der Waals surface area contributed by atoms with Crippen LogP contribution in [-0.2, 0) is 6.42 Å². The van der Waals surface area contributed by atoms with Crippen LogP contribution < -0.4 is 20.5 Å². The molecular weight excluding hydrogens is 360 g/mol. The van der Waals surface area contributed by atoms with E-state index in [0.717, 1.165) is 5.56 Å². The maximum Gasteiger partial charge on any atom is 0.271 e. The van der Waals surface area contributed by atoms with Crippen molar-refractivity contribution in [2.75, 3.05) is 23.3 Å². The Morgan fingerprint density at radius 2 is 2.14 bits per heavy atom. The van der Waals surface area contributed by atoms with Crippen molar-refractivity contribution in [1.29, 1.82) is 0 Å². The molecule has 0 spiro atoms. The molecule has 2 aromatic rings. The van der Waals surface area contributed by atoms with Gasteiger partial charge in [0.25, 0.3) is 11.5 Å². The molecule has 28 heavy (non-hydrogen) atoms. The predicted octanol–water partition coefficient (Wildman–Crippen LogP) is 1.70. The van der Waals surface area contributed by atoms with Crippen LogP contribution in [0.25, 0.3) is 0 Å². The summed E-state index contributed by atoms with van der Waals surface area (Å²) in [5, 5.41) is 12.5. The lowest BCUT2D eigenvalue weighted by atomic mass is 10.0. The monoisotopic (exact) mass is 384 g/mol. The summed E-state index contributed by atoms with van der Waals surface area (Å²) < 4.78 is 5.95. The quantitative estimate of drug-likeness (QED) is 0.743. The van der Waals surface area contributed by atoms with Crippen LogP contribution in [0.2, 0.25) is 0 Å². The number of nitrogens with zero attached hydrogens (tertiary/aromatic N) is 2. The number of rotatable bonds is 3. The lowest BCUT2D eigenvalue weighted by molar-refractivity contribution is 0.102. The number of hydrogen-bond donors (Lipinski definition) is 3. The van der Waals surface area contributed by atoms with Gasteiger partial charge in [-0.05, 0) is 44.9 Å². The Morgan fingerprint density at radius 1 is 1.39 bits per heavy atom. The molecule has 0 aromatic carbocycles. The number of aromatic nitrogens is 2. The van der Waals surface area contributed by atoms with Crippen molar-refractivity contribution in [1.82, 2.24) is 9.97 Å². The van der Waals surface area contributed by atoms with Crippen LogP contribution in [-0.4, -0.2) is 45.8 Å². The molecule has 148 valence electrons. The molecule has 0 radical (unpaired) electrons. The molecule has 0 saturated carbocycles. The Labute approximate surface area is 162 Å². The SMILES string of the molecule is CC1(C)Cc2cc(C(=O)Nc3ccc[nH]c3=O)c(N3CCC(O)CC3)nc2O1. The molecule has 0 bridgehead atoms. The van der Waals surface area contributed by atoms with Gasteiger partial charge in [-0.15, -0.1) is 0 Å². The highest BCUT2D eigenvalue weighted by molar-refractivity contribution is 6.07. The zero-order chi connectivity index (χ0) is 19.9. The second kappa shape index (κ2) is 6.94. The van der Waals surface area contributed by atoms with E-state index in [1.165, 1.54) is 6.20 Å². The first-order valence-electron chi connectivity index (χ1n) is 9.47. The Bertz CT molecular complexity index is 961. The fourth-order valence-corrected chi connectivity index (χ4v) is 3.70. The Morgan fingerprint density at radius 3 is 2.86 bits per heavy atom. The summed E-state index contributed by atoms with van der Waals surface area (Å²) in [5.74, 6) is 0.672. The number of piperidine rings is 1. The summed E-state index contributed by atoms with van der Waals surface area (Å²) in [6.07, 6.45) is 3.06. The molecule has 0 aliphatic carbocycles. The van der Waals surface area contributed by atoms with E-state index in [1.54, 1.807) is 12.1 Å². The smallest absolute Gasteiger partial charge is 0.271 e. The normalized spacial score (nSPS) is 18.5. The van der Waals surface area contributed by atoms with Crippen molar-refractivity contribution < 1.29 is 14.6 Å². The predicted molar refractivity (Wildman–Crippen MR) is 105 cm³/mol. The average Bonchev–Trinajstić information content (AvgIpc) is 2.96. The minimum atomic E-state index is -0.391. The van der Waals surface area contributed by atoms with Crippen molar-refractivity contribution in [3.63, 3.8) is 0 Å². The first-order valence-corrected chi connectivity index (χ1v) is 9.47. The lowest BCUT2D eigenvalue weighted by Crippen LogP contribution is -2.37. The zero-order valence-corrected chi connectivity index (χ0v) is 16.0. The number of aromatic amines is 1. The highest BCUT2D eigenvalue weighted by Gasteiger charge is 2.34. The van der Waals surface area contributed by atoms with Gasteiger partial charge in [0.2, 0.25) is 5.88 Å². The van der Waals surface area contributed by atoms with Crippen LogP contribution in [0.15, 0.2) is 29.2 Å². The van der Waals surface area contributed by atoms with Gasteiger partial charge < -0.3 is 25.0 Å². The summed E-state index contributed by atoms with van der Waals surface area (Å²) in [6, 6.07) is 5.02. The molecule has 2 aliphatic rings. The van der Waals surface area contributed by atoms with Gasteiger partial charge in [0, 0.05) is 31.3 Å². The highest BCUT2D eigenvalue weighted by Crippen LogP contribution is 2.37. The number of carbonyl (C=O) groups is 1. The molecule has 1 saturated heterocycles. The fourth-order valence-electron chi connectivity index (χ4n) is 3.70. The molecule has 4 rings (SSSR count). The Hall–Kier alpha value is -2.87. The van der Waals surface area contributed by atoms with E-state index in [1.807, 2.05) is 24.8 Å². The van der Waals surface area contributed by atoms with Gasteiger partial charge >= 0.3 is 0 Å². The van der Waals surface area contributed by atoms with E-state index in [-0.39, 0.29) is 23.0 Å². The second-order valence-electron chi connectivity index (χ2n) is 7.95. The molecule has 0 atom stereocenters. The van der Waals surface area contributed by atoms with Crippen LogP contribution in [0, 0.1) is 0 Å². The van der Waals surface area contributed by atoms with Gasteiger partial charge in [0.05, 0.1) is 11.7 Å². The van der Waals surface area contributed by atoms with Gasteiger partial charge in [-0.3, -0.25) is 9.59 Å². The minimum Gasteiger partial charge on any atom is -0.471 e. The first kappa shape index (κ1) is 18.5. The maximum atomic E-state index is 13.0. The fraction of sp³-hybridized carbons (Fsp3) is 0.450. The summed E-state index contributed by atoms with van der Waals surface area (Å²) in [4.78, 5) is 34.2. The van der Waals surface area contributed by atoms with Crippen molar-refractivity contribution >= 4 is 17.4 Å². The third kappa shape index (κ3) is 3.60. The number of aliphatic hydroxyl groups excluding tert-OH is 1. The van der Waals surface area contributed by atoms with E-state index in [9.17, 15) is 14.7 Å². The lowest BCUT2D eigenvalue weighted by Gasteiger charge is -2.31. The molecular formula is C20H24N4O4. The van der Waals surface area contributed by atoms with Gasteiger partial charge in [-0.25, -0.2) is 0 Å². The number of carbonyl (C=O) groups excluding carboxylic acids is 1. The van der Waals surface area contributed by atoms with Crippen LogP contribution in [0.3, 0.4) is 0 Å². The molecule has 3 N–H and O–H groups in total. The molecule has 2 aliphatic heterocycles. The van der Waals surface area contributed by atoms with Crippen LogP contribution in [0.5, 0.6) is 5.88 Å². The van der Waals surface area contributed by atoms with Gasteiger partial charge in [0.15, 0.2) is 0 Å². The molecule has 8 nitrogen and oxygen atoms in total. The topological polar surface area (TPSA) is 108 Å². The van der Waals surface area contributed by atoms with Crippen molar-refractivity contribution in [3.8, 4) is 5.88 Å². The Kier molecular flexibility index (Phi) is 4.58. The highest BCUT2D eigenvalue weighted by atomic mass is 16.5. The van der Waals surface area contributed by atoms with Crippen LogP contribution in [0.1, 0.15) is 42.6 Å². The first-order chi connectivity index (χ1) is 13.3. The summed E-state index contributed by atoms with van der Waals surface area (Å²) in [6.45, 7) is 5.16. The molecule has 1 amide bonds. The van der Waals surface area contributed by atoms with E-state index in [0.29, 0.717) is 49.6 Å². The molecule has 4 heterocycles. The van der Waals surface area contributed by atoms with Crippen molar-refractivity contribution in [2.45, 2.75) is 44.8 Å². The zero-order valence-electron chi connectivity index (χ0n) is 16.0. The average molecular weight is 384 g/mol. The number of amides is 1. The summed E-state index contributed by atoms with van der Waals surface area (Å²) >= 11 is 0. The van der Waals surface area contributed by atoms with E-state index < -0.39 is 5.91 Å².